The number of piperazine rings is 1. The van der Waals surface area contributed by atoms with Crippen LogP contribution in [0.2, 0.25) is 0 Å². The molecule has 5 heteroatoms. The number of likely N-dealkylation sites (tertiary alicyclic amines) is 1. The summed E-state index contributed by atoms with van der Waals surface area (Å²) >= 11 is 0. The zero-order valence-corrected chi connectivity index (χ0v) is 16.6. The zero-order chi connectivity index (χ0) is 19.3. The number of ether oxygens (including phenoxy) is 1. The van der Waals surface area contributed by atoms with Crippen molar-refractivity contribution in [1.82, 2.24) is 9.80 Å². The van der Waals surface area contributed by atoms with Crippen molar-refractivity contribution >= 4 is 11.6 Å². The lowest BCUT2D eigenvalue weighted by atomic mass is 10.1. The molecule has 0 unspecified atom stereocenters. The highest BCUT2D eigenvalue weighted by Gasteiger charge is 2.34. The van der Waals surface area contributed by atoms with Crippen LogP contribution in [0.25, 0.3) is 0 Å². The van der Waals surface area contributed by atoms with Gasteiger partial charge in [-0.2, -0.15) is 0 Å². The fraction of sp³-hybridized carbons (Fsp3) is 0.435. The second kappa shape index (κ2) is 8.65. The number of methoxy groups -OCH3 is 1. The van der Waals surface area contributed by atoms with E-state index in [4.69, 9.17) is 4.74 Å². The van der Waals surface area contributed by atoms with Crippen molar-refractivity contribution in [3.8, 4) is 5.75 Å². The Balaban J connectivity index is 1.34. The van der Waals surface area contributed by atoms with Crippen LogP contribution in [0.15, 0.2) is 54.6 Å². The van der Waals surface area contributed by atoms with Crippen LogP contribution in [-0.2, 0) is 11.3 Å². The van der Waals surface area contributed by atoms with Crippen LogP contribution < -0.4 is 9.64 Å². The highest BCUT2D eigenvalue weighted by atomic mass is 16.5. The van der Waals surface area contributed by atoms with Gasteiger partial charge in [0.15, 0.2) is 0 Å². The minimum atomic E-state index is 0.0349. The van der Waals surface area contributed by atoms with E-state index in [1.165, 1.54) is 11.3 Å². The molecule has 28 heavy (non-hydrogen) atoms. The summed E-state index contributed by atoms with van der Waals surface area (Å²) in [4.78, 5) is 19.9. The Bertz CT molecular complexity index is 770. The molecule has 0 aliphatic carbocycles. The number of benzene rings is 2. The number of hydrogen-bond donors (Lipinski definition) is 0. The number of hydrogen-bond acceptors (Lipinski definition) is 4. The van der Waals surface area contributed by atoms with E-state index in [9.17, 15) is 4.79 Å². The fourth-order valence-corrected chi connectivity index (χ4v) is 4.30. The summed E-state index contributed by atoms with van der Waals surface area (Å²) in [5.41, 5.74) is 2.48. The maximum Gasteiger partial charge on any atom is 0.240 e. The molecule has 2 aromatic rings. The number of nitrogens with zero attached hydrogens (tertiary/aromatic N) is 3. The summed E-state index contributed by atoms with van der Waals surface area (Å²) in [7, 11) is 1.68. The highest BCUT2D eigenvalue weighted by Crippen LogP contribution is 2.24. The summed E-state index contributed by atoms with van der Waals surface area (Å²) in [6, 6.07) is 18.7. The molecular weight excluding hydrogens is 350 g/mol. The third-order valence-corrected chi connectivity index (χ3v) is 5.91. The van der Waals surface area contributed by atoms with Crippen LogP contribution in [0.4, 0.5) is 5.69 Å². The summed E-state index contributed by atoms with van der Waals surface area (Å²) in [6.07, 6.45) is 2.08. The summed E-state index contributed by atoms with van der Waals surface area (Å²) < 4.78 is 5.24. The van der Waals surface area contributed by atoms with E-state index in [0.29, 0.717) is 5.91 Å². The second-order valence-electron chi connectivity index (χ2n) is 7.62. The number of rotatable bonds is 5. The lowest BCUT2D eigenvalue weighted by Crippen LogP contribution is -2.53. The standard InChI is InChI=1S/C23H29N3O2/c1-28-21-11-9-20(10-12-21)24-14-16-25(17-15-24)23(27)22-8-5-13-26(22)18-19-6-3-2-4-7-19/h2-4,6-7,9-12,22H,5,8,13-18H2,1H3/t22-/m0/s1. The first-order valence-electron chi connectivity index (χ1n) is 10.2. The first-order valence-corrected chi connectivity index (χ1v) is 10.2. The van der Waals surface area contributed by atoms with Crippen LogP contribution in [0.1, 0.15) is 18.4 Å². The van der Waals surface area contributed by atoms with Gasteiger partial charge < -0.3 is 14.5 Å². The van der Waals surface area contributed by atoms with E-state index in [1.54, 1.807) is 7.11 Å². The van der Waals surface area contributed by atoms with Gasteiger partial charge in [-0.05, 0) is 49.2 Å². The van der Waals surface area contributed by atoms with Crippen molar-refractivity contribution in [2.24, 2.45) is 0 Å². The van der Waals surface area contributed by atoms with Gasteiger partial charge in [-0.1, -0.05) is 30.3 Å². The van der Waals surface area contributed by atoms with Gasteiger partial charge in [0.05, 0.1) is 13.2 Å². The monoisotopic (exact) mass is 379 g/mol. The maximum atomic E-state index is 13.2. The molecule has 1 atom stereocenters. The number of anilines is 1. The van der Waals surface area contributed by atoms with Crippen LogP contribution >= 0.6 is 0 Å². The fourth-order valence-electron chi connectivity index (χ4n) is 4.30. The molecule has 2 aromatic carbocycles. The van der Waals surface area contributed by atoms with Crippen molar-refractivity contribution in [3.05, 3.63) is 60.2 Å². The van der Waals surface area contributed by atoms with Gasteiger partial charge in [0.25, 0.3) is 0 Å². The van der Waals surface area contributed by atoms with Crippen molar-refractivity contribution < 1.29 is 9.53 Å². The van der Waals surface area contributed by atoms with Gasteiger partial charge in [0, 0.05) is 38.4 Å². The zero-order valence-electron chi connectivity index (χ0n) is 16.6. The topological polar surface area (TPSA) is 36.0 Å². The van der Waals surface area contributed by atoms with Gasteiger partial charge in [-0.25, -0.2) is 0 Å². The number of amides is 1. The lowest BCUT2D eigenvalue weighted by Gasteiger charge is -2.38. The van der Waals surface area contributed by atoms with Crippen LogP contribution in [-0.4, -0.2) is 61.6 Å². The molecule has 2 saturated heterocycles. The van der Waals surface area contributed by atoms with Crippen molar-refractivity contribution in [2.75, 3.05) is 44.7 Å². The Morgan fingerprint density at radius 2 is 1.68 bits per heavy atom. The Morgan fingerprint density at radius 3 is 2.36 bits per heavy atom. The third-order valence-electron chi connectivity index (χ3n) is 5.91. The predicted octanol–water partition coefficient (Wildman–Crippen LogP) is 3.01. The van der Waals surface area contributed by atoms with Gasteiger partial charge in [0.1, 0.15) is 5.75 Å². The molecule has 0 saturated carbocycles. The molecule has 2 fully saturated rings. The molecule has 148 valence electrons. The third kappa shape index (κ3) is 4.14. The average molecular weight is 380 g/mol. The normalized spacial score (nSPS) is 20.4. The molecule has 0 N–H and O–H groups in total. The first-order chi connectivity index (χ1) is 13.7. The largest absolute Gasteiger partial charge is 0.497 e. The first kappa shape index (κ1) is 18.8. The Hall–Kier alpha value is -2.53. The molecule has 2 aliphatic rings. The van der Waals surface area contributed by atoms with E-state index in [0.717, 1.165) is 57.9 Å². The van der Waals surface area contributed by atoms with Crippen LogP contribution in [0.3, 0.4) is 0 Å². The van der Waals surface area contributed by atoms with Crippen LogP contribution in [0.5, 0.6) is 5.75 Å². The van der Waals surface area contributed by atoms with Crippen molar-refractivity contribution in [1.29, 1.82) is 0 Å². The van der Waals surface area contributed by atoms with E-state index in [-0.39, 0.29) is 6.04 Å². The molecule has 1 amide bonds. The minimum Gasteiger partial charge on any atom is -0.497 e. The molecule has 0 radical (unpaired) electrons. The van der Waals surface area contributed by atoms with Gasteiger partial charge in [-0.3, -0.25) is 9.69 Å². The van der Waals surface area contributed by atoms with Crippen molar-refractivity contribution in [3.63, 3.8) is 0 Å². The van der Waals surface area contributed by atoms with E-state index < -0.39 is 0 Å². The molecular formula is C23H29N3O2. The maximum absolute atomic E-state index is 13.2. The molecule has 5 nitrogen and oxygen atoms in total. The molecule has 2 aliphatic heterocycles. The second-order valence-corrected chi connectivity index (χ2v) is 7.62. The van der Waals surface area contributed by atoms with E-state index in [1.807, 2.05) is 18.2 Å². The van der Waals surface area contributed by atoms with Crippen molar-refractivity contribution in [2.45, 2.75) is 25.4 Å². The van der Waals surface area contributed by atoms with Crippen LogP contribution in [0, 0.1) is 0 Å². The molecule has 0 aromatic heterocycles. The Labute approximate surface area is 167 Å². The predicted molar refractivity (Wildman–Crippen MR) is 112 cm³/mol. The summed E-state index contributed by atoms with van der Waals surface area (Å²) in [5.74, 6) is 1.18. The lowest BCUT2D eigenvalue weighted by molar-refractivity contribution is -0.136. The summed E-state index contributed by atoms with van der Waals surface area (Å²) in [5, 5.41) is 0. The number of carbonyl (C=O) groups is 1. The minimum absolute atomic E-state index is 0.0349. The smallest absolute Gasteiger partial charge is 0.240 e. The Kier molecular flexibility index (Phi) is 5.81. The summed E-state index contributed by atoms with van der Waals surface area (Å²) in [6.45, 7) is 5.22. The van der Waals surface area contributed by atoms with E-state index >= 15 is 0 Å². The highest BCUT2D eigenvalue weighted by molar-refractivity contribution is 5.82. The number of carbonyl (C=O) groups excluding carboxylic acids is 1. The molecule has 2 heterocycles. The quantitative estimate of drug-likeness (QED) is 0.800. The molecule has 0 bridgehead atoms. The average Bonchev–Trinajstić information content (AvgIpc) is 3.22. The molecule has 0 spiro atoms. The van der Waals surface area contributed by atoms with E-state index in [2.05, 4.69) is 51.1 Å². The Morgan fingerprint density at radius 1 is 0.964 bits per heavy atom. The van der Waals surface area contributed by atoms with Gasteiger partial charge in [-0.15, -0.1) is 0 Å². The van der Waals surface area contributed by atoms with Gasteiger partial charge in [0.2, 0.25) is 5.91 Å². The van der Waals surface area contributed by atoms with Gasteiger partial charge >= 0.3 is 0 Å². The SMILES string of the molecule is COc1ccc(N2CCN(C(=O)[C@@H]3CCCN3Cc3ccccc3)CC2)cc1. The molecule has 4 rings (SSSR count).